The van der Waals surface area contributed by atoms with Crippen LogP contribution in [0.1, 0.15) is 35.2 Å². The van der Waals surface area contributed by atoms with Crippen LogP contribution in [-0.4, -0.2) is 39.2 Å². The molecule has 1 aromatic rings. The quantitative estimate of drug-likeness (QED) is 0.415. The number of hydrogen-bond donors (Lipinski definition) is 0. The highest BCUT2D eigenvalue weighted by molar-refractivity contribution is 5.91. The van der Waals surface area contributed by atoms with Gasteiger partial charge in [-0.3, -0.25) is 9.59 Å². The van der Waals surface area contributed by atoms with Gasteiger partial charge in [0.15, 0.2) is 0 Å². The average molecular weight is 398 g/mol. The van der Waals surface area contributed by atoms with Crippen LogP contribution in [0.5, 0.6) is 0 Å². The van der Waals surface area contributed by atoms with Crippen LogP contribution in [0.15, 0.2) is 43.0 Å². The minimum atomic E-state index is -0.739. The summed E-state index contributed by atoms with van der Waals surface area (Å²) >= 11 is 0. The lowest BCUT2D eigenvalue weighted by Crippen LogP contribution is -2.47. The van der Waals surface area contributed by atoms with E-state index in [1.807, 2.05) is 12.2 Å². The fraction of sp³-hybridized carbons (Fsp3) is 0.435. The van der Waals surface area contributed by atoms with E-state index in [0.717, 1.165) is 24.0 Å². The second-order valence-corrected chi connectivity index (χ2v) is 7.52. The molecule has 6 heteroatoms. The van der Waals surface area contributed by atoms with E-state index in [2.05, 4.69) is 6.58 Å². The van der Waals surface area contributed by atoms with Crippen molar-refractivity contribution < 1.29 is 28.6 Å². The maximum absolute atomic E-state index is 12.9. The fourth-order valence-electron chi connectivity index (χ4n) is 4.51. The van der Waals surface area contributed by atoms with Gasteiger partial charge in [0.1, 0.15) is 0 Å². The summed E-state index contributed by atoms with van der Waals surface area (Å²) in [6.45, 7) is 4.34. The highest BCUT2D eigenvalue weighted by atomic mass is 16.5. The molecule has 0 unspecified atom stereocenters. The number of carbonyl (C=O) groups excluding carboxylic acids is 3. The van der Waals surface area contributed by atoms with Crippen molar-refractivity contribution >= 4 is 23.5 Å². The summed E-state index contributed by atoms with van der Waals surface area (Å²) in [4.78, 5) is 37.1. The number of esters is 3. The third-order valence-corrected chi connectivity index (χ3v) is 6.09. The Bertz CT molecular complexity index is 849. The molecule has 29 heavy (non-hydrogen) atoms. The fourth-order valence-corrected chi connectivity index (χ4v) is 4.51. The molecule has 0 amide bonds. The normalized spacial score (nSPS) is 25.8. The van der Waals surface area contributed by atoms with Crippen molar-refractivity contribution in [3.8, 4) is 0 Å². The average Bonchev–Trinajstić information content (AvgIpc) is 3.62. The monoisotopic (exact) mass is 398 g/mol. The Labute approximate surface area is 170 Å². The summed E-state index contributed by atoms with van der Waals surface area (Å²) in [5, 5.41) is 0. The van der Waals surface area contributed by atoms with Crippen LogP contribution >= 0.6 is 0 Å². The molecule has 0 spiro atoms. The number of benzene rings is 1. The Morgan fingerprint density at radius 2 is 1.52 bits per heavy atom. The maximum atomic E-state index is 12.9. The summed E-state index contributed by atoms with van der Waals surface area (Å²) in [6.07, 6.45) is 6.24. The van der Waals surface area contributed by atoms with Gasteiger partial charge in [-0.25, -0.2) is 4.79 Å². The first-order valence-electron chi connectivity index (χ1n) is 9.62. The predicted molar refractivity (Wildman–Crippen MR) is 107 cm³/mol. The molecule has 1 fully saturated rings. The molecule has 0 N–H and O–H groups in total. The van der Waals surface area contributed by atoms with Crippen LogP contribution in [0.4, 0.5) is 0 Å². The molecule has 1 aromatic carbocycles. The molecule has 6 nitrogen and oxygen atoms in total. The van der Waals surface area contributed by atoms with Crippen LogP contribution in [0.2, 0.25) is 0 Å². The Morgan fingerprint density at radius 3 is 2.03 bits per heavy atom. The Morgan fingerprint density at radius 1 is 0.931 bits per heavy atom. The Balaban J connectivity index is 2.07. The molecule has 3 rings (SSSR count). The first-order valence-corrected chi connectivity index (χ1v) is 9.62. The first-order chi connectivity index (χ1) is 13.9. The third-order valence-electron chi connectivity index (χ3n) is 6.09. The lowest BCUT2D eigenvalue weighted by atomic mass is 9.58. The molecule has 0 radical (unpaired) electrons. The van der Waals surface area contributed by atoms with Gasteiger partial charge >= 0.3 is 17.9 Å². The molecular weight excluding hydrogens is 372 g/mol. The largest absolute Gasteiger partial charge is 0.469 e. The van der Waals surface area contributed by atoms with Gasteiger partial charge in [0, 0.05) is 5.41 Å². The van der Waals surface area contributed by atoms with E-state index in [1.165, 1.54) is 21.3 Å². The SMILES string of the molecule is C=C(c1ccc(C(=O)OC)cc1)[C@@]1(C2CC2)C=CC[C@@H](C(=O)OC)[C@@H]1C(=O)OC. The van der Waals surface area contributed by atoms with Crippen LogP contribution in [0.3, 0.4) is 0 Å². The van der Waals surface area contributed by atoms with Crippen molar-refractivity contribution in [3.63, 3.8) is 0 Å². The topological polar surface area (TPSA) is 78.9 Å². The third kappa shape index (κ3) is 3.59. The second kappa shape index (κ2) is 8.23. The highest BCUT2D eigenvalue weighted by Crippen LogP contribution is 2.61. The molecule has 3 atom stereocenters. The summed E-state index contributed by atoms with van der Waals surface area (Å²) in [6, 6.07) is 6.93. The van der Waals surface area contributed by atoms with E-state index < -0.39 is 35.2 Å². The van der Waals surface area contributed by atoms with Gasteiger partial charge in [-0.2, -0.15) is 0 Å². The van der Waals surface area contributed by atoms with Crippen LogP contribution in [-0.2, 0) is 23.8 Å². The minimum Gasteiger partial charge on any atom is -0.469 e. The van der Waals surface area contributed by atoms with Crippen molar-refractivity contribution in [3.05, 3.63) is 54.1 Å². The van der Waals surface area contributed by atoms with Gasteiger partial charge in [0.25, 0.3) is 0 Å². The van der Waals surface area contributed by atoms with Crippen LogP contribution in [0, 0.1) is 23.2 Å². The van der Waals surface area contributed by atoms with Gasteiger partial charge in [0.05, 0.1) is 38.7 Å². The Hall–Kier alpha value is -2.89. The number of carbonyl (C=O) groups is 3. The van der Waals surface area contributed by atoms with E-state index in [9.17, 15) is 14.4 Å². The van der Waals surface area contributed by atoms with Gasteiger partial charge < -0.3 is 14.2 Å². The summed E-state index contributed by atoms with van der Waals surface area (Å²) in [7, 11) is 3.99. The van der Waals surface area contributed by atoms with Crippen LogP contribution < -0.4 is 0 Å². The molecule has 0 saturated heterocycles. The standard InChI is InChI=1S/C23H26O6/c1-14(15-7-9-16(10-8-15)20(24)27-2)23(17-11-12-17)13-5-6-18(21(25)28-3)19(23)22(26)29-4/h5,7-10,13,17-19H,1,6,11-12H2,2-4H3/t18-,19-,23-/m1/s1. The number of ether oxygens (including phenoxy) is 3. The number of methoxy groups -OCH3 is 3. The van der Waals surface area contributed by atoms with Crippen molar-refractivity contribution in [1.29, 1.82) is 0 Å². The summed E-state index contributed by atoms with van der Waals surface area (Å²) < 4.78 is 14.9. The van der Waals surface area contributed by atoms with E-state index in [0.29, 0.717) is 12.0 Å². The van der Waals surface area contributed by atoms with Gasteiger partial charge in [-0.15, -0.1) is 0 Å². The maximum Gasteiger partial charge on any atom is 0.337 e. The first kappa shape index (κ1) is 20.8. The summed E-state index contributed by atoms with van der Waals surface area (Å²) in [5.74, 6) is -2.46. The molecule has 2 aliphatic carbocycles. The van der Waals surface area contributed by atoms with E-state index in [-0.39, 0.29) is 5.92 Å². The summed E-state index contributed by atoms with van der Waals surface area (Å²) in [5.41, 5.74) is 1.22. The van der Waals surface area contributed by atoms with Gasteiger partial charge in [-0.1, -0.05) is 30.9 Å². The van der Waals surface area contributed by atoms with E-state index in [1.54, 1.807) is 24.3 Å². The van der Waals surface area contributed by atoms with Gasteiger partial charge in [-0.05, 0) is 48.4 Å². The minimum absolute atomic E-state index is 0.183. The number of rotatable bonds is 6. The number of hydrogen-bond acceptors (Lipinski definition) is 6. The molecule has 1 saturated carbocycles. The molecule has 154 valence electrons. The predicted octanol–water partition coefficient (Wildman–Crippen LogP) is 3.42. The molecule has 0 aromatic heterocycles. The van der Waals surface area contributed by atoms with E-state index >= 15 is 0 Å². The van der Waals surface area contributed by atoms with E-state index in [4.69, 9.17) is 14.2 Å². The zero-order chi connectivity index (χ0) is 21.2. The van der Waals surface area contributed by atoms with Crippen molar-refractivity contribution in [2.45, 2.75) is 19.3 Å². The zero-order valence-corrected chi connectivity index (χ0v) is 17.0. The van der Waals surface area contributed by atoms with Crippen molar-refractivity contribution in [1.82, 2.24) is 0 Å². The second-order valence-electron chi connectivity index (χ2n) is 7.52. The van der Waals surface area contributed by atoms with Crippen molar-refractivity contribution in [2.24, 2.45) is 23.2 Å². The molecule has 0 aliphatic heterocycles. The number of allylic oxidation sites excluding steroid dienone is 3. The van der Waals surface area contributed by atoms with Gasteiger partial charge in [0.2, 0.25) is 0 Å². The molecular formula is C23H26O6. The Kier molecular flexibility index (Phi) is 5.91. The van der Waals surface area contributed by atoms with Crippen LogP contribution in [0.25, 0.3) is 5.57 Å². The van der Waals surface area contributed by atoms with Crippen molar-refractivity contribution in [2.75, 3.05) is 21.3 Å². The molecule has 0 heterocycles. The zero-order valence-electron chi connectivity index (χ0n) is 17.0. The smallest absolute Gasteiger partial charge is 0.337 e. The lowest BCUT2D eigenvalue weighted by molar-refractivity contribution is -0.161. The molecule has 2 aliphatic rings. The molecule has 0 bridgehead atoms. The highest BCUT2D eigenvalue weighted by Gasteiger charge is 2.58. The lowest BCUT2D eigenvalue weighted by Gasteiger charge is -2.44.